The molecule has 0 aliphatic carbocycles. The Bertz CT molecular complexity index is 662. The van der Waals surface area contributed by atoms with Gasteiger partial charge in [-0.25, -0.2) is 4.39 Å². The van der Waals surface area contributed by atoms with Crippen LogP contribution < -0.4 is 5.32 Å². The average Bonchev–Trinajstić information content (AvgIpc) is 2.40. The summed E-state index contributed by atoms with van der Waals surface area (Å²) in [7, 11) is 0. The molecule has 0 bridgehead atoms. The molecule has 2 aromatic rings. The highest BCUT2D eigenvalue weighted by Gasteiger charge is 2.10. The molecule has 104 valence electrons. The molecule has 0 aliphatic rings. The molecule has 0 amide bonds. The molecular formula is C14H12ClFN2O2. The third kappa shape index (κ3) is 3.24. The first-order valence-corrected chi connectivity index (χ1v) is 6.28. The van der Waals surface area contributed by atoms with E-state index in [1.54, 1.807) is 18.2 Å². The minimum atomic E-state index is -0.511. The summed E-state index contributed by atoms with van der Waals surface area (Å²) in [6.07, 6.45) is 0. The molecule has 2 aromatic carbocycles. The summed E-state index contributed by atoms with van der Waals surface area (Å²) in [5.41, 5.74) is 1.90. The molecule has 0 saturated carbocycles. The van der Waals surface area contributed by atoms with E-state index < -0.39 is 4.92 Å². The van der Waals surface area contributed by atoms with Gasteiger partial charge in [0.2, 0.25) is 0 Å². The zero-order valence-electron chi connectivity index (χ0n) is 10.7. The Morgan fingerprint density at radius 3 is 2.70 bits per heavy atom. The maximum atomic E-state index is 13.6. The lowest BCUT2D eigenvalue weighted by molar-refractivity contribution is -0.384. The summed E-state index contributed by atoms with van der Waals surface area (Å²) >= 11 is 5.97. The normalized spacial score (nSPS) is 10.3. The standard InChI is InChI=1S/C14H12ClFN2O2/c1-9-2-5-13(16)14(6-9)17-8-10-3-4-11(18(19)20)7-12(10)15/h2-7,17H,8H2,1H3. The molecule has 0 fully saturated rings. The van der Waals surface area contributed by atoms with E-state index in [2.05, 4.69) is 5.32 Å². The van der Waals surface area contributed by atoms with E-state index in [9.17, 15) is 14.5 Å². The highest BCUT2D eigenvalue weighted by molar-refractivity contribution is 6.31. The first kappa shape index (κ1) is 14.3. The Labute approximate surface area is 120 Å². The van der Waals surface area contributed by atoms with Crippen LogP contribution in [0, 0.1) is 22.9 Å². The summed E-state index contributed by atoms with van der Waals surface area (Å²) in [4.78, 5) is 10.1. The quantitative estimate of drug-likeness (QED) is 0.675. The number of nitro benzene ring substituents is 1. The van der Waals surface area contributed by atoms with Gasteiger partial charge in [0, 0.05) is 18.7 Å². The second-order valence-electron chi connectivity index (χ2n) is 4.37. The zero-order chi connectivity index (χ0) is 14.7. The number of nitrogens with zero attached hydrogens (tertiary/aromatic N) is 1. The van der Waals surface area contributed by atoms with Gasteiger partial charge < -0.3 is 5.32 Å². The van der Waals surface area contributed by atoms with Crippen LogP contribution in [0.4, 0.5) is 15.8 Å². The number of halogens is 2. The fourth-order valence-electron chi connectivity index (χ4n) is 1.76. The van der Waals surface area contributed by atoms with Crippen LogP contribution in [0.5, 0.6) is 0 Å². The minimum Gasteiger partial charge on any atom is -0.379 e. The molecule has 0 unspecified atom stereocenters. The van der Waals surface area contributed by atoms with Gasteiger partial charge in [-0.3, -0.25) is 10.1 Å². The van der Waals surface area contributed by atoms with Crippen LogP contribution in [0.3, 0.4) is 0 Å². The number of hydrogen-bond acceptors (Lipinski definition) is 3. The van der Waals surface area contributed by atoms with Crippen molar-refractivity contribution in [3.8, 4) is 0 Å². The first-order chi connectivity index (χ1) is 9.47. The van der Waals surface area contributed by atoms with Crippen LogP contribution >= 0.6 is 11.6 Å². The molecular weight excluding hydrogens is 283 g/mol. The van der Waals surface area contributed by atoms with Gasteiger partial charge in [0.15, 0.2) is 0 Å². The monoisotopic (exact) mass is 294 g/mol. The van der Waals surface area contributed by atoms with Crippen LogP contribution in [-0.2, 0) is 6.54 Å². The first-order valence-electron chi connectivity index (χ1n) is 5.90. The van der Waals surface area contributed by atoms with Crippen LogP contribution in [0.1, 0.15) is 11.1 Å². The van der Waals surface area contributed by atoms with E-state index in [1.807, 2.05) is 6.92 Å². The van der Waals surface area contributed by atoms with Gasteiger partial charge in [0.1, 0.15) is 5.82 Å². The highest BCUT2D eigenvalue weighted by Crippen LogP contribution is 2.24. The van der Waals surface area contributed by atoms with Crippen LogP contribution in [0.2, 0.25) is 5.02 Å². The summed E-state index contributed by atoms with van der Waals surface area (Å²) in [6, 6.07) is 8.96. The molecule has 0 aromatic heterocycles. The number of aryl methyl sites for hydroxylation is 1. The lowest BCUT2D eigenvalue weighted by atomic mass is 10.2. The summed E-state index contributed by atoms with van der Waals surface area (Å²) in [5.74, 6) is -0.353. The van der Waals surface area contributed by atoms with Crippen molar-refractivity contribution in [2.45, 2.75) is 13.5 Å². The van der Waals surface area contributed by atoms with Crippen molar-refractivity contribution < 1.29 is 9.31 Å². The minimum absolute atomic E-state index is 0.0690. The van der Waals surface area contributed by atoms with Gasteiger partial charge >= 0.3 is 0 Å². The fourth-order valence-corrected chi connectivity index (χ4v) is 2.00. The average molecular weight is 295 g/mol. The molecule has 6 heteroatoms. The fraction of sp³-hybridized carbons (Fsp3) is 0.143. The van der Waals surface area contributed by atoms with Crippen molar-refractivity contribution in [1.82, 2.24) is 0 Å². The largest absolute Gasteiger partial charge is 0.379 e. The van der Waals surface area contributed by atoms with Crippen molar-refractivity contribution in [1.29, 1.82) is 0 Å². The van der Waals surface area contributed by atoms with E-state index in [0.717, 1.165) is 5.56 Å². The number of nitrogens with one attached hydrogen (secondary N) is 1. The smallest absolute Gasteiger partial charge is 0.270 e. The second-order valence-corrected chi connectivity index (χ2v) is 4.78. The molecule has 4 nitrogen and oxygen atoms in total. The van der Waals surface area contributed by atoms with E-state index in [4.69, 9.17) is 11.6 Å². The Morgan fingerprint density at radius 2 is 2.05 bits per heavy atom. The van der Waals surface area contributed by atoms with Gasteiger partial charge in [-0.1, -0.05) is 17.7 Å². The summed E-state index contributed by atoms with van der Waals surface area (Å²) < 4.78 is 13.6. The highest BCUT2D eigenvalue weighted by atomic mass is 35.5. The number of benzene rings is 2. The Kier molecular flexibility index (Phi) is 4.20. The van der Waals surface area contributed by atoms with Crippen molar-refractivity contribution in [2.75, 3.05) is 5.32 Å². The number of rotatable bonds is 4. The molecule has 0 spiro atoms. The third-order valence-electron chi connectivity index (χ3n) is 2.84. The maximum absolute atomic E-state index is 13.6. The molecule has 1 N–H and O–H groups in total. The number of hydrogen-bond donors (Lipinski definition) is 1. The molecule has 0 heterocycles. The number of non-ortho nitro benzene ring substituents is 1. The predicted molar refractivity (Wildman–Crippen MR) is 76.6 cm³/mol. The van der Waals surface area contributed by atoms with Crippen LogP contribution in [-0.4, -0.2) is 4.92 Å². The van der Waals surface area contributed by atoms with Gasteiger partial charge in [0.05, 0.1) is 15.6 Å². The summed E-state index contributed by atoms with van der Waals surface area (Å²) in [6.45, 7) is 2.15. The molecule has 0 aliphatic heterocycles. The SMILES string of the molecule is Cc1ccc(F)c(NCc2ccc([N+](=O)[O-])cc2Cl)c1. The number of nitro groups is 1. The van der Waals surface area contributed by atoms with E-state index in [-0.39, 0.29) is 23.1 Å². The molecule has 2 rings (SSSR count). The van der Waals surface area contributed by atoms with Crippen molar-refractivity contribution in [2.24, 2.45) is 0 Å². The van der Waals surface area contributed by atoms with Crippen molar-refractivity contribution in [3.63, 3.8) is 0 Å². The van der Waals surface area contributed by atoms with Crippen LogP contribution in [0.25, 0.3) is 0 Å². The van der Waals surface area contributed by atoms with Gasteiger partial charge in [-0.05, 0) is 36.2 Å². The lowest BCUT2D eigenvalue weighted by Crippen LogP contribution is -2.02. The Hall–Kier alpha value is -2.14. The molecule has 0 atom stereocenters. The second kappa shape index (κ2) is 5.88. The topological polar surface area (TPSA) is 55.2 Å². The predicted octanol–water partition coefficient (Wildman–Crippen LogP) is 4.31. The zero-order valence-corrected chi connectivity index (χ0v) is 11.4. The molecule has 20 heavy (non-hydrogen) atoms. The third-order valence-corrected chi connectivity index (χ3v) is 3.19. The Morgan fingerprint density at radius 1 is 1.30 bits per heavy atom. The van der Waals surface area contributed by atoms with E-state index in [1.165, 1.54) is 18.2 Å². The van der Waals surface area contributed by atoms with Crippen molar-refractivity contribution >= 4 is 23.0 Å². The summed E-state index contributed by atoms with van der Waals surface area (Å²) in [5, 5.41) is 13.8. The molecule has 0 saturated heterocycles. The number of anilines is 1. The van der Waals surface area contributed by atoms with Crippen molar-refractivity contribution in [3.05, 3.63) is 68.5 Å². The molecule has 0 radical (unpaired) electrons. The van der Waals surface area contributed by atoms with E-state index in [0.29, 0.717) is 11.3 Å². The Balaban J connectivity index is 2.15. The van der Waals surface area contributed by atoms with Crippen LogP contribution in [0.15, 0.2) is 36.4 Å². The van der Waals surface area contributed by atoms with Gasteiger partial charge in [-0.2, -0.15) is 0 Å². The maximum Gasteiger partial charge on any atom is 0.270 e. The van der Waals surface area contributed by atoms with Gasteiger partial charge in [-0.15, -0.1) is 0 Å². The van der Waals surface area contributed by atoms with E-state index >= 15 is 0 Å². The van der Waals surface area contributed by atoms with Gasteiger partial charge in [0.25, 0.3) is 5.69 Å². The lowest BCUT2D eigenvalue weighted by Gasteiger charge is -2.09.